The maximum Gasteiger partial charge on any atom is 0.169 e. The van der Waals surface area contributed by atoms with Gasteiger partial charge in [0.05, 0.1) is 12.7 Å². The Kier molecular flexibility index (Phi) is 4.28. The molecule has 1 aromatic rings. The summed E-state index contributed by atoms with van der Waals surface area (Å²) in [5.74, 6) is 1.97. The molecule has 1 fully saturated rings. The quantitative estimate of drug-likeness (QED) is 0.754. The number of hydrogen-bond acceptors (Lipinski definition) is 2. The van der Waals surface area contributed by atoms with Crippen LogP contribution in [-0.4, -0.2) is 12.9 Å². The molecule has 1 saturated carbocycles. The second-order valence-electron chi connectivity index (χ2n) is 5.74. The van der Waals surface area contributed by atoms with Crippen molar-refractivity contribution in [3.63, 3.8) is 0 Å². The number of ether oxygens (including phenoxy) is 1. The second-order valence-corrected chi connectivity index (χ2v) is 5.74. The predicted octanol–water partition coefficient (Wildman–Crippen LogP) is 4.32. The van der Waals surface area contributed by atoms with E-state index in [0.717, 1.165) is 35.6 Å². The molecule has 2 heteroatoms. The highest BCUT2D eigenvalue weighted by molar-refractivity contribution is 6.01. The van der Waals surface area contributed by atoms with Gasteiger partial charge in [-0.25, -0.2) is 0 Å². The lowest BCUT2D eigenvalue weighted by atomic mass is 9.92. The van der Waals surface area contributed by atoms with Crippen molar-refractivity contribution in [1.29, 1.82) is 0 Å². The molecule has 0 aliphatic heterocycles. The molecule has 0 bridgehead atoms. The lowest BCUT2D eigenvalue weighted by molar-refractivity contribution is 0.0916. The number of carbonyl (C=O) groups is 1. The number of rotatable bonds is 4. The van der Waals surface area contributed by atoms with E-state index in [0.29, 0.717) is 0 Å². The van der Waals surface area contributed by atoms with Crippen LogP contribution in [0.1, 0.15) is 54.1 Å². The molecular weight excluding hydrogens is 236 g/mol. The maximum absolute atomic E-state index is 12.7. The lowest BCUT2D eigenvalue weighted by Gasteiger charge is -2.15. The Morgan fingerprint density at radius 1 is 1.32 bits per heavy atom. The Morgan fingerprint density at radius 3 is 2.63 bits per heavy atom. The molecule has 0 aromatic heterocycles. The topological polar surface area (TPSA) is 26.3 Å². The predicted molar refractivity (Wildman–Crippen MR) is 77.9 cm³/mol. The van der Waals surface area contributed by atoms with Gasteiger partial charge in [-0.15, -0.1) is 0 Å². The van der Waals surface area contributed by atoms with Gasteiger partial charge in [0.25, 0.3) is 0 Å². The summed E-state index contributed by atoms with van der Waals surface area (Å²) in [5.41, 5.74) is 3.02. The first-order valence-electron chi connectivity index (χ1n) is 7.26. The van der Waals surface area contributed by atoms with Crippen molar-refractivity contribution < 1.29 is 9.53 Å². The summed E-state index contributed by atoms with van der Waals surface area (Å²) >= 11 is 0. The van der Waals surface area contributed by atoms with Crippen LogP contribution in [0.25, 0.3) is 0 Å². The molecule has 0 amide bonds. The van der Waals surface area contributed by atoms with Crippen molar-refractivity contribution in [1.82, 2.24) is 0 Å². The van der Waals surface area contributed by atoms with E-state index in [1.165, 1.54) is 18.4 Å². The van der Waals surface area contributed by atoms with E-state index in [9.17, 15) is 4.79 Å². The summed E-state index contributed by atoms with van der Waals surface area (Å²) in [6, 6.07) is 3.96. The molecule has 2 unspecified atom stereocenters. The zero-order valence-electron chi connectivity index (χ0n) is 12.5. The molecule has 0 N–H and O–H groups in total. The summed E-state index contributed by atoms with van der Waals surface area (Å²) in [6.45, 7) is 6.29. The van der Waals surface area contributed by atoms with Crippen LogP contribution >= 0.6 is 0 Å². The molecule has 1 aliphatic carbocycles. The highest BCUT2D eigenvalue weighted by atomic mass is 16.5. The summed E-state index contributed by atoms with van der Waals surface area (Å²) in [6.07, 6.45) is 4.47. The molecule has 19 heavy (non-hydrogen) atoms. The van der Waals surface area contributed by atoms with Crippen LogP contribution in [0.3, 0.4) is 0 Å². The van der Waals surface area contributed by atoms with E-state index in [1.54, 1.807) is 7.11 Å². The second kappa shape index (κ2) is 5.77. The largest absolute Gasteiger partial charge is 0.496 e. The molecule has 2 nitrogen and oxygen atoms in total. The van der Waals surface area contributed by atoms with E-state index >= 15 is 0 Å². The van der Waals surface area contributed by atoms with Crippen LogP contribution < -0.4 is 4.74 Å². The Balaban J connectivity index is 2.27. The Hall–Kier alpha value is -1.31. The molecule has 0 radical (unpaired) electrons. The van der Waals surface area contributed by atoms with E-state index in [1.807, 2.05) is 19.1 Å². The smallest absolute Gasteiger partial charge is 0.169 e. The standard InChI is InChI=1S/C17H24O2/c1-5-13-7-8-14(10-13)16(18)15-9-6-11(2)12(3)17(15)19-4/h6,9,13-14H,5,7-8,10H2,1-4H3. The minimum absolute atomic E-state index is 0.195. The van der Waals surface area contributed by atoms with Gasteiger partial charge < -0.3 is 4.74 Å². The van der Waals surface area contributed by atoms with Crippen LogP contribution in [0.15, 0.2) is 12.1 Å². The number of aryl methyl sites for hydroxylation is 1. The average molecular weight is 260 g/mol. The monoisotopic (exact) mass is 260 g/mol. The summed E-state index contributed by atoms with van der Waals surface area (Å²) < 4.78 is 5.47. The summed E-state index contributed by atoms with van der Waals surface area (Å²) in [4.78, 5) is 12.7. The Bertz CT molecular complexity index is 476. The first-order chi connectivity index (χ1) is 9.08. The van der Waals surface area contributed by atoms with Gasteiger partial charge in [-0.05, 0) is 56.2 Å². The molecule has 0 heterocycles. The molecular formula is C17H24O2. The van der Waals surface area contributed by atoms with Crippen molar-refractivity contribution in [3.05, 3.63) is 28.8 Å². The number of Topliss-reactive ketones (excluding diaryl/α,β-unsaturated/α-hetero) is 1. The zero-order chi connectivity index (χ0) is 14.0. The van der Waals surface area contributed by atoms with Crippen LogP contribution in [0.2, 0.25) is 0 Å². The molecule has 1 aliphatic rings. The average Bonchev–Trinajstić information content (AvgIpc) is 2.89. The van der Waals surface area contributed by atoms with Gasteiger partial charge >= 0.3 is 0 Å². The molecule has 2 atom stereocenters. The fourth-order valence-corrected chi connectivity index (χ4v) is 3.15. The van der Waals surface area contributed by atoms with E-state index < -0.39 is 0 Å². The van der Waals surface area contributed by atoms with Crippen LogP contribution in [0, 0.1) is 25.7 Å². The Morgan fingerprint density at radius 2 is 2.05 bits per heavy atom. The third kappa shape index (κ3) is 2.68. The highest BCUT2D eigenvalue weighted by Crippen LogP contribution is 2.37. The first kappa shape index (κ1) is 14.1. The number of benzene rings is 1. The first-order valence-corrected chi connectivity index (χ1v) is 7.26. The van der Waals surface area contributed by atoms with E-state index in [4.69, 9.17) is 4.74 Å². The minimum atomic E-state index is 0.195. The Labute approximate surface area is 116 Å². The molecule has 104 valence electrons. The van der Waals surface area contributed by atoms with E-state index in [2.05, 4.69) is 13.8 Å². The highest BCUT2D eigenvalue weighted by Gasteiger charge is 2.31. The lowest BCUT2D eigenvalue weighted by Crippen LogP contribution is -2.14. The number of methoxy groups -OCH3 is 1. The van der Waals surface area contributed by atoms with Crippen molar-refractivity contribution in [2.45, 2.75) is 46.5 Å². The third-order valence-corrected chi connectivity index (χ3v) is 4.64. The fraction of sp³-hybridized carbons (Fsp3) is 0.588. The van der Waals surface area contributed by atoms with Crippen molar-refractivity contribution >= 4 is 5.78 Å². The molecule has 1 aromatic carbocycles. The van der Waals surface area contributed by atoms with Gasteiger partial charge in [-0.2, -0.15) is 0 Å². The van der Waals surface area contributed by atoms with Gasteiger partial charge in [0, 0.05) is 5.92 Å². The number of carbonyl (C=O) groups excluding carboxylic acids is 1. The van der Waals surface area contributed by atoms with Crippen LogP contribution in [-0.2, 0) is 0 Å². The number of ketones is 1. The van der Waals surface area contributed by atoms with Gasteiger partial charge in [0.15, 0.2) is 5.78 Å². The fourth-order valence-electron chi connectivity index (χ4n) is 3.15. The van der Waals surface area contributed by atoms with Gasteiger partial charge in [0.2, 0.25) is 0 Å². The van der Waals surface area contributed by atoms with Crippen LogP contribution in [0.4, 0.5) is 0 Å². The van der Waals surface area contributed by atoms with Crippen molar-refractivity contribution in [2.75, 3.05) is 7.11 Å². The molecule has 0 saturated heterocycles. The summed E-state index contributed by atoms with van der Waals surface area (Å²) in [5, 5.41) is 0. The maximum atomic E-state index is 12.7. The van der Waals surface area contributed by atoms with Gasteiger partial charge in [-0.1, -0.05) is 19.4 Å². The molecule has 2 rings (SSSR count). The van der Waals surface area contributed by atoms with Crippen molar-refractivity contribution in [2.24, 2.45) is 11.8 Å². The van der Waals surface area contributed by atoms with Crippen molar-refractivity contribution in [3.8, 4) is 5.75 Å². The summed E-state index contributed by atoms with van der Waals surface area (Å²) in [7, 11) is 1.65. The zero-order valence-corrected chi connectivity index (χ0v) is 12.5. The van der Waals surface area contributed by atoms with Gasteiger partial charge in [0.1, 0.15) is 5.75 Å². The normalized spacial score (nSPS) is 22.5. The van der Waals surface area contributed by atoms with Crippen LogP contribution in [0.5, 0.6) is 5.75 Å². The van der Waals surface area contributed by atoms with E-state index in [-0.39, 0.29) is 11.7 Å². The third-order valence-electron chi connectivity index (χ3n) is 4.64. The SMILES string of the molecule is CCC1CCC(C(=O)c2ccc(C)c(C)c2OC)C1. The minimum Gasteiger partial charge on any atom is -0.496 e. The number of hydrogen-bond donors (Lipinski definition) is 0. The molecule has 0 spiro atoms. The van der Waals surface area contributed by atoms with Gasteiger partial charge in [-0.3, -0.25) is 4.79 Å².